The molecule has 0 atom stereocenters. The molecule has 0 spiro atoms. The molecule has 0 radical (unpaired) electrons. The number of nitrogen functional groups attached to an aromatic ring is 1. The number of anilines is 1. The maximum absolute atomic E-state index is 13.1. The normalized spacial score (nSPS) is 10.3. The maximum Gasteiger partial charge on any atom is 0.251 e. The fourth-order valence-corrected chi connectivity index (χ4v) is 1.53. The van der Waals surface area contributed by atoms with E-state index in [1.165, 1.54) is 6.07 Å². The van der Waals surface area contributed by atoms with Crippen LogP contribution >= 0.6 is 0 Å². The minimum atomic E-state index is -0.567. The van der Waals surface area contributed by atoms with E-state index < -0.39 is 11.7 Å². The van der Waals surface area contributed by atoms with Crippen molar-refractivity contribution in [3.8, 4) is 0 Å². The largest absolute Gasteiger partial charge is 0.399 e. The van der Waals surface area contributed by atoms with Crippen LogP contribution in [0.5, 0.6) is 0 Å². The monoisotopic (exact) mass is 267 g/mol. The van der Waals surface area contributed by atoms with E-state index in [-0.39, 0.29) is 36.2 Å². The van der Waals surface area contributed by atoms with Crippen molar-refractivity contribution in [2.45, 2.75) is 26.3 Å². The molecule has 104 valence electrons. The molecule has 4 N–H and O–H groups in total. The molecule has 6 heteroatoms. The molecule has 0 aliphatic heterocycles. The number of nitrogens with two attached hydrogens (primary N) is 1. The molecule has 2 amide bonds. The number of amides is 2. The zero-order chi connectivity index (χ0) is 14.4. The number of benzene rings is 1. The van der Waals surface area contributed by atoms with Crippen LogP contribution in [0.2, 0.25) is 0 Å². The molecule has 0 saturated carbocycles. The minimum absolute atomic E-state index is 0.0613. The fraction of sp³-hybridized carbons (Fsp3) is 0.385. The van der Waals surface area contributed by atoms with Crippen molar-refractivity contribution >= 4 is 17.5 Å². The lowest BCUT2D eigenvalue weighted by molar-refractivity contribution is -0.121. The summed E-state index contributed by atoms with van der Waals surface area (Å²) in [5.74, 6) is -1.17. The Labute approximate surface area is 111 Å². The molecule has 0 aliphatic carbocycles. The Morgan fingerprint density at radius 1 is 1.32 bits per heavy atom. The zero-order valence-corrected chi connectivity index (χ0v) is 11.0. The first-order chi connectivity index (χ1) is 8.88. The number of hydrogen-bond donors (Lipinski definition) is 3. The second-order valence-corrected chi connectivity index (χ2v) is 4.50. The lowest BCUT2D eigenvalue weighted by Crippen LogP contribution is -2.34. The van der Waals surface area contributed by atoms with Gasteiger partial charge < -0.3 is 16.4 Å². The Kier molecular flexibility index (Phi) is 5.29. The average molecular weight is 267 g/mol. The van der Waals surface area contributed by atoms with Crippen molar-refractivity contribution in [1.29, 1.82) is 0 Å². The smallest absolute Gasteiger partial charge is 0.251 e. The van der Waals surface area contributed by atoms with Gasteiger partial charge in [-0.05, 0) is 32.0 Å². The second kappa shape index (κ2) is 6.72. The number of nitrogens with one attached hydrogen (secondary N) is 2. The van der Waals surface area contributed by atoms with Crippen LogP contribution in [0.15, 0.2) is 18.2 Å². The minimum Gasteiger partial charge on any atom is -0.399 e. The third-order valence-corrected chi connectivity index (χ3v) is 2.27. The van der Waals surface area contributed by atoms with E-state index in [4.69, 9.17) is 5.73 Å². The molecular formula is C13H18FN3O2. The highest BCUT2D eigenvalue weighted by molar-refractivity contribution is 5.95. The Morgan fingerprint density at radius 3 is 2.58 bits per heavy atom. The molecule has 0 fully saturated rings. The molecule has 1 aromatic carbocycles. The lowest BCUT2D eigenvalue weighted by atomic mass is 10.2. The van der Waals surface area contributed by atoms with Gasteiger partial charge >= 0.3 is 0 Å². The van der Waals surface area contributed by atoms with E-state index in [0.29, 0.717) is 0 Å². The number of carbonyl (C=O) groups excluding carboxylic acids is 2. The predicted octanol–water partition coefficient (Wildman–Crippen LogP) is 1.05. The fourth-order valence-electron chi connectivity index (χ4n) is 1.53. The van der Waals surface area contributed by atoms with Gasteiger partial charge in [-0.3, -0.25) is 9.59 Å². The van der Waals surface area contributed by atoms with Gasteiger partial charge in [0, 0.05) is 30.3 Å². The van der Waals surface area contributed by atoms with Gasteiger partial charge in [0.1, 0.15) is 5.82 Å². The van der Waals surface area contributed by atoms with Gasteiger partial charge in [-0.25, -0.2) is 4.39 Å². The van der Waals surface area contributed by atoms with E-state index in [1.54, 1.807) is 0 Å². The third-order valence-electron chi connectivity index (χ3n) is 2.27. The van der Waals surface area contributed by atoms with Crippen LogP contribution in [0.25, 0.3) is 0 Å². The molecule has 19 heavy (non-hydrogen) atoms. The van der Waals surface area contributed by atoms with Gasteiger partial charge in [-0.2, -0.15) is 0 Å². The molecule has 0 aromatic heterocycles. The van der Waals surface area contributed by atoms with Crippen molar-refractivity contribution < 1.29 is 14.0 Å². The molecule has 1 aromatic rings. The summed E-state index contributed by atoms with van der Waals surface area (Å²) in [6, 6.07) is 3.67. The summed E-state index contributed by atoms with van der Waals surface area (Å²) >= 11 is 0. The maximum atomic E-state index is 13.1. The van der Waals surface area contributed by atoms with Crippen LogP contribution in [0.1, 0.15) is 30.6 Å². The summed E-state index contributed by atoms with van der Waals surface area (Å²) in [6.07, 6.45) is 0.175. The van der Waals surface area contributed by atoms with Crippen LogP contribution in [0.4, 0.5) is 10.1 Å². The Hall–Kier alpha value is -2.11. The van der Waals surface area contributed by atoms with Crippen molar-refractivity contribution in [1.82, 2.24) is 10.6 Å². The predicted molar refractivity (Wildman–Crippen MR) is 71.0 cm³/mol. The standard InChI is InChI=1S/C13H18FN3O2/c1-8(2)17-12(18)3-4-16-13(19)9-5-10(14)7-11(15)6-9/h5-8H,3-4,15H2,1-2H3,(H,16,19)(H,17,18). The van der Waals surface area contributed by atoms with Crippen molar-refractivity contribution in [3.05, 3.63) is 29.6 Å². The summed E-state index contributed by atoms with van der Waals surface area (Å²) in [5, 5.41) is 5.24. The van der Waals surface area contributed by atoms with E-state index in [1.807, 2.05) is 13.8 Å². The van der Waals surface area contributed by atoms with E-state index in [9.17, 15) is 14.0 Å². The molecule has 0 heterocycles. The van der Waals surface area contributed by atoms with Crippen molar-refractivity contribution in [2.75, 3.05) is 12.3 Å². The second-order valence-electron chi connectivity index (χ2n) is 4.50. The number of rotatable bonds is 5. The summed E-state index contributed by atoms with van der Waals surface area (Å²) in [6.45, 7) is 3.89. The number of hydrogen-bond acceptors (Lipinski definition) is 3. The highest BCUT2D eigenvalue weighted by atomic mass is 19.1. The summed E-state index contributed by atoms with van der Waals surface area (Å²) < 4.78 is 13.1. The average Bonchev–Trinajstić information content (AvgIpc) is 2.26. The molecule has 5 nitrogen and oxygen atoms in total. The van der Waals surface area contributed by atoms with Crippen LogP contribution in [-0.4, -0.2) is 24.4 Å². The van der Waals surface area contributed by atoms with E-state index >= 15 is 0 Å². The SMILES string of the molecule is CC(C)NC(=O)CCNC(=O)c1cc(N)cc(F)c1. The first kappa shape index (κ1) is 14.9. The number of carbonyl (C=O) groups is 2. The summed E-state index contributed by atoms with van der Waals surface area (Å²) in [5.41, 5.74) is 5.77. The van der Waals surface area contributed by atoms with Gasteiger partial charge in [0.05, 0.1) is 0 Å². The highest BCUT2D eigenvalue weighted by Crippen LogP contribution is 2.10. The van der Waals surface area contributed by atoms with Crippen molar-refractivity contribution in [3.63, 3.8) is 0 Å². The molecule has 0 unspecified atom stereocenters. The van der Waals surface area contributed by atoms with E-state index in [0.717, 1.165) is 12.1 Å². The summed E-state index contributed by atoms with van der Waals surface area (Å²) in [7, 11) is 0. The molecular weight excluding hydrogens is 249 g/mol. The van der Waals surface area contributed by atoms with E-state index in [2.05, 4.69) is 10.6 Å². The molecule has 0 aliphatic rings. The summed E-state index contributed by atoms with van der Waals surface area (Å²) in [4.78, 5) is 23.0. The van der Waals surface area contributed by atoms with Gasteiger partial charge in [0.2, 0.25) is 5.91 Å². The number of halogens is 1. The first-order valence-electron chi connectivity index (χ1n) is 6.02. The lowest BCUT2D eigenvalue weighted by Gasteiger charge is -2.09. The van der Waals surface area contributed by atoms with Gasteiger partial charge in [0.15, 0.2) is 0 Å². The van der Waals surface area contributed by atoms with Crippen LogP contribution < -0.4 is 16.4 Å². The zero-order valence-electron chi connectivity index (χ0n) is 11.0. The van der Waals surface area contributed by atoms with Gasteiger partial charge in [0.25, 0.3) is 5.91 Å². The van der Waals surface area contributed by atoms with Crippen LogP contribution in [0.3, 0.4) is 0 Å². The quantitative estimate of drug-likeness (QED) is 0.697. The Bertz CT molecular complexity index is 455. The van der Waals surface area contributed by atoms with Crippen LogP contribution in [-0.2, 0) is 4.79 Å². The molecule has 0 saturated heterocycles. The molecule has 1 rings (SSSR count). The Morgan fingerprint density at radius 2 is 2.00 bits per heavy atom. The Balaban J connectivity index is 2.45. The van der Waals surface area contributed by atoms with Gasteiger partial charge in [-0.15, -0.1) is 0 Å². The molecule has 0 bridgehead atoms. The van der Waals surface area contributed by atoms with Crippen molar-refractivity contribution in [2.24, 2.45) is 0 Å². The third kappa shape index (κ3) is 5.37. The topological polar surface area (TPSA) is 84.2 Å². The van der Waals surface area contributed by atoms with Gasteiger partial charge in [-0.1, -0.05) is 0 Å². The first-order valence-corrected chi connectivity index (χ1v) is 6.02. The highest BCUT2D eigenvalue weighted by Gasteiger charge is 2.09. The van der Waals surface area contributed by atoms with Crippen LogP contribution in [0, 0.1) is 5.82 Å².